The molecule has 2 rings (SSSR count). The minimum absolute atomic E-state index is 0.0862. The summed E-state index contributed by atoms with van der Waals surface area (Å²) in [5.41, 5.74) is 6.96. The highest BCUT2D eigenvalue weighted by molar-refractivity contribution is 6.33. The Morgan fingerprint density at radius 2 is 2.25 bits per heavy atom. The van der Waals surface area contributed by atoms with Crippen molar-refractivity contribution in [3.63, 3.8) is 0 Å². The smallest absolute Gasteiger partial charge is 0.0506 e. The van der Waals surface area contributed by atoms with Gasteiger partial charge in [0.25, 0.3) is 0 Å². The molecule has 0 aromatic heterocycles. The van der Waals surface area contributed by atoms with Crippen LogP contribution in [0.2, 0.25) is 10.0 Å². The van der Waals surface area contributed by atoms with Gasteiger partial charge < -0.3 is 10.5 Å². The van der Waals surface area contributed by atoms with Gasteiger partial charge in [-0.3, -0.25) is 4.90 Å². The molecule has 2 unspecified atom stereocenters. The molecule has 1 heterocycles. The number of halogens is 2. The van der Waals surface area contributed by atoms with Crippen LogP contribution in [0.4, 0.5) is 0 Å². The Labute approximate surface area is 131 Å². The lowest BCUT2D eigenvalue weighted by Gasteiger charge is -2.33. The van der Waals surface area contributed by atoms with Gasteiger partial charge in [-0.15, -0.1) is 0 Å². The van der Waals surface area contributed by atoms with Crippen molar-refractivity contribution in [1.29, 1.82) is 0 Å². The van der Waals surface area contributed by atoms with Gasteiger partial charge in [-0.1, -0.05) is 23.2 Å². The first-order valence-corrected chi connectivity index (χ1v) is 7.80. The van der Waals surface area contributed by atoms with Crippen molar-refractivity contribution in [2.24, 2.45) is 11.7 Å². The molecular weight excluding hydrogens is 295 g/mol. The van der Waals surface area contributed by atoms with Crippen LogP contribution < -0.4 is 5.73 Å². The topological polar surface area (TPSA) is 38.5 Å². The minimum Gasteiger partial charge on any atom is -0.381 e. The third-order valence-corrected chi connectivity index (χ3v) is 4.45. The first-order valence-electron chi connectivity index (χ1n) is 7.04. The second kappa shape index (κ2) is 7.62. The monoisotopic (exact) mass is 316 g/mol. The molecule has 1 aliphatic heterocycles. The average molecular weight is 317 g/mol. The van der Waals surface area contributed by atoms with Gasteiger partial charge in [0.2, 0.25) is 0 Å². The predicted molar refractivity (Wildman–Crippen MR) is 84.4 cm³/mol. The standard InChI is InChI=1S/C15H22Cl2N2O/c1-19(9-11-3-2-6-20-10-11)15(8-18)13-7-12(16)4-5-14(13)17/h4-5,7,11,15H,2-3,6,8-10,18H2,1H3. The highest BCUT2D eigenvalue weighted by Crippen LogP contribution is 2.30. The van der Waals surface area contributed by atoms with Gasteiger partial charge in [0.1, 0.15) is 0 Å². The number of nitrogens with zero attached hydrogens (tertiary/aromatic N) is 1. The molecule has 1 saturated heterocycles. The second-order valence-corrected chi connectivity index (χ2v) is 6.28. The van der Waals surface area contributed by atoms with E-state index in [0.717, 1.165) is 36.8 Å². The third kappa shape index (κ3) is 4.09. The lowest BCUT2D eigenvalue weighted by Crippen LogP contribution is -2.36. The van der Waals surface area contributed by atoms with E-state index in [1.807, 2.05) is 12.1 Å². The van der Waals surface area contributed by atoms with Gasteiger partial charge >= 0.3 is 0 Å². The Hall–Kier alpha value is -0.320. The summed E-state index contributed by atoms with van der Waals surface area (Å²) in [6.45, 7) is 3.21. The van der Waals surface area contributed by atoms with Crippen LogP contribution in [0.5, 0.6) is 0 Å². The largest absolute Gasteiger partial charge is 0.381 e. The molecule has 5 heteroatoms. The predicted octanol–water partition coefficient (Wildman–Crippen LogP) is 3.35. The maximum atomic E-state index is 6.29. The zero-order chi connectivity index (χ0) is 14.5. The summed E-state index contributed by atoms with van der Waals surface area (Å²) in [6.07, 6.45) is 2.36. The molecule has 112 valence electrons. The molecule has 0 spiro atoms. The van der Waals surface area contributed by atoms with Crippen LogP contribution in [0, 0.1) is 5.92 Å². The van der Waals surface area contributed by atoms with Crippen LogP contribution in [0.15, 0.2) is 18.2 Å². The fourth-order valence-corrected chi connectivity index (χ4v) is 3.22. The molecule has 0 radical (unpaired) electrons. The Balaban J connectivity index is 2.07. The van der Waals surface area contributed by atoms with Crippen molar-refractivity contribution < 1.29 is 4.74 Å². The zero-order valence-corrected chi connectivity index (χ0v) is 13.3. The summed E-state index contributed by atoms with van der Waals surface area (Å²) in [4.78, 5) is 2.26. The molecular formula is C15H22Cl2N2O. The van der Waals surface area contributed by atoms with E-state index >= 15 is 0 Å². The number of benzene rings is 1. The Kier molecular flexibility index (Phi) is 6.12. The van der Waals surface area contributed by atoms with E-state index < -0.39 is 0 Å². The van der Waals surface area contributed by atoms with Crippen LogP contribution in [0.1, 0.15) is 24.4 Å². The third-order valence-electron chi connectivity index (χ3n) is 3.87. The zero-order valence-electron chi connectivity index (χ0n) is 11.8. The van der Waals surface area contributed by atoms with Crippen molar-refractivity contribution in [2.45, 2.75) is 18.9 Å². The van der Waals surface area contributed by atoms with Gasteiger partial charge in [0, 0.05) is 35.8 Å². The molecule has 20 heavy (non-hydrogen) atoms. The van der Waals surface area contributed by atoms with E-state index in [-0.39, 0.29) is 6.04 Å². The molecule has 0 amide bonds. The molecule has 1 aromatic rings. The number of likely N-dealkylation sites (N-methyl/N-ethyl adjacent to an activating group) is 1. The summed E-state index contributed by atoms with van der Waals surface area (Å²) >= 11 is 12.4. The van der Waals surface area contributed by atoms with E-state index in [1.54, 1.807) is 6.07 Å². The summed E-state index contributed by atoms with van der Waals surface area (Å²) in [5, 5.41) is 1.41. The van der Waals surface area contributed by atoms with E-state index in [4.69, 9.17) is 33.7 Å². The van der Waals surface area contributed by atoms with Crippen LogP contribution >= 0.6 is 23.2 Å². The molecule has 1 aliphatic rings. The quantitative estimate of drug-likeness (QED) is 0.905. The lowest BCUT2D eigenvalue weighted by atomic mass is 9.99. The van der Waals surface area contributed by atoms with E-state index in [0.29, 0.717) is 17.5 Å². The second-order valence-electron chi connectivity index (χ2n) is 5.44. The first-order chi connectivity index (χ1) is 9.61. The lowest BCUT2D eigenvalue weighted by molar-refractivity contribution is 0.0365. The van der Waals surface area contributed by atoms with Gasteiger partial charge in [-0.05, 0) is 49.6 Å². The van der Waals surface area contributed by atoms with Crippen LogP contribution in [0.25, 0.3) is 0 Å². The molecule has 2 N–H and O–H groups in total. The fraction of sp³-hybridized carbons (Fsp3) is 0.600. The Morgan fingerprint density at radius 3 is 2.90 bits per heavy atom. The molecule has 1 fully saturated rings. The number of ether oxygens (including phenoxy) is 1. The number of rotatable bonds is 5. The molecule has 0 saturated carbocycles. The van der Waals surface area contributed by atoms with Crippen LogP contribution in [0.3, 0.4) is 0 Å². The number of hydrogen-bond acceptors (Lipinski definition) is 3. The normalized spacial score (nSPS) is 21.1. The summed E-state index contributed by atoms with van der Waals surface area (Å²) in [7, 11) is 2.09. The van der Waals surface area contributed by atoms with Crippen molar-refractivity contribution in [2.75, 3.05) is 33.4 Å². The minimum atomic E-state index is 0.0862. The van der Waals surface area contributed by atoms with Crippen molar-refractivity contribution in [1.82, 2.24) is 4.90 Å². The van der Waals surface area contributed by atoms with Gasteiger partial charge in [0.15, 0.2) is 0 Å². The molecule has 1 aromatic carbocycles. The van der Waals surface area contributed by atoms with Crippen molar-refractivity contribution >= 4 is 23.2 Å². The van der Waals surface area contributed by atoms with E-state index in [1.165, 1.54) is 6.42 Å². The van der Waals surface area contributed by atoms with Gasteiger partial charge in [-0.25, -0.2) is 0 Å². The molecule has 3 nitrogen and oxygen atoms in total. The fourth-order valence-electron chi connectivity index (χ4n) is 2.80. The summed E-state index contributed by atoms with van der Waals surface area (Å²) in [6, 6.07) is 5.63. The highest BCUT2D eigenvalue weighted by atomic mass is 35.5. The van der Waals surface area contributed by atoms with Crippen molar-refractivity contribution in [3.05, 3.63) is 33.8 Å². The SMILES string of the molecule is CN(CC1CCCOC1)C(CN)c1cc(Cl)ccc1Cl. The molecule has 0 aliphatic carbocycles. The van der Waals surface area contributed by atoms with Gasteiger partial charge in [0.05, 0.1) is 6.61 Å². The van der Waals surface area contributed by atoms with E-state index in [2.05, 4.69) is 11.9 Å². The average Bonchev–Trinajstić information content (AvgIpc) is 2.44. The number of nitrogens with two attached hydrogens (primary N) is 1. The maximum Gasteiger partial charge on any atom is 0.0506 e. The van der Waals surface area contributed by atoms with Crippen LogP contribution in [-0.2, 0) is 4.74 Å². The van der Waals surface area contributed by atoms with E-state index in [9.17, 15) is 0 Å². The summed E-state index contributed by atoms with van der Waals surface area (Å²) in [5.74, 6) is 0.570. The van der Waals surface area contributed by atoms with Crippen molar-refractivity contribution in [3.8, 4) is 0 Å². The summed E-state index contributed by atoms with van der Waals surface area (Å²) < 4.78 is 5.54. The highest BCUT2D eigenvalue weighted by Gasteiger charge is 2.23. The molecule has 2 atom stereocenters. The molecule has 0 bridgehead atoms. The van der Waals surface area contributed by atoms with Gasteiger partial charge in [-0.2, -0.15) is 0 Å². The Morgan fingerprint density at radius 1 is 1.45 bits per heavy atom. The van der Waals surface area contributed by atoms with Crippen LogP contribution in [-0.4, -0.2) is 38.3 Å². The maximum absolute atomic E-state index is 6.29. The first kappa shape index (κ1) is 16.1. The number of hydrogen-bond donors (Lipinski definition) is 1. The Bertz CT molecular complexity index is 436.